The first-order chi connectivity index (χ1) is 20.3. The molecule has 0 aliphatic carbocycles. The lowest BCUT2D eigenvalue weighted by Crippen LogP contribution is -2.56. The van der Waals surface area contributed by atoms with Gasteiger partial charge in [0.1, 0.15) is 18.7 Å². The molecule has 234 valence electrons. The van der Waals surface area contributed by atoms with Gasteiger partial charge in [-0.05, 0) is 30.4 Å². The summed E-state index contributed by atoms with van der Waals surface area (Å²) in [5.74, 6) is -4.55. The molecule has 0 heterocycles. The van der Waals surface area contributed by atoms with Gasteiger partial charge in [0.25, 0.3) is 0 Å². The van der Waals surface area contributed by atoms with E-state index >= 15 is 0 Å². The normalized spacial score (nSPS) is 13.3. The van der Waals surface area contributed by atoms with Gasteiger partial charge in [0.2, 0.25) is 21.8 Å². The summed E-state index contributed by atoms with van der Waals surface area (Å²) in [5.41, 5.74) is 1.53. The number of ketones is 1. The number of hydrogen-bond donors (Lipinski definition) is 5. The van der Waals surface area contributed by atoms with E-state index in [9.17, 15) is 37.5 Å². The summed E-state index contributed by atoms with van der Waals surface area (Å²) < 4.78 is 32.0. The van der Waals surface area contributed by atoms with Crippen molar-refractivity contribution < 1.29 is 42.2 Å². The predicted octanol–water partition coefficient (Wildman–Crippen LogP) is 1.13. The summed E-state index contributed by atoms with van der Waals surface area (Å²) in [6.07, 6.45) is -1.44. The molecule has 5 N–H and O–H groups in total. The van der Waals surface area contributed by atoms with Crippen LogP contribution in [-0.4, -0.2) is 73.6 Å². The predicted molar refractivity (Wildman–Crippen MR) is 157 cm³/mol. The van der Waals surface area contributed by atoms with Gasteiger partial charge in [-0.2, -0.15) is 0 Å². The molecule has 0 fully saturated rings. The summed E-state index contributed by atoms with van der Waals surface area (Å²) in [7, 11) is -3.88. The molecular formula is C29H38N4O9S. The second-order valence-corrected chi connectivity index (χ2v) is 12.1. The van der Waals surface area contributed by atoms with Crippen LogP contribution in [0.1, 0.15) is 38.3 Å². The van der Waals surface area contributed by atoms with Gasteiger partial charge in [0, 0.05) is 0 Å². The second kappa shape index (κ2) is 17.0. The Labute approximate surface area is 250 Å². The van der Waals surface area contributed by atoms with Gasteiger partial charge >= 0.3 is 12.1 Å². The number of aryl methyl sites for hydroxylation is 1. The molecule has 0 bridgehead atoms. The van der Waals surface area contributed by atoms with Crippen molar-refractivity contribution in [2.75, 3.05) is 12.3 Å². The van der Waals surface area contributed by atoms with Crippen molar-refractivity contribution in [2.24, 2.45) is 5.92 Å². The SMILES string of the molecule is CC(NC(=O)C(NC(=O)OCc1ccccc1)C(C)C)C(=O)NC(CC(=O)O)C(=O)CNS(=O)(=O)CCc1ccccc1. The molecule has 2 aromatic carbocycles. The number of rotatable bonds is 17. The van der Waals surface area contributed by atoms with Crippen molar-refractivity contribution in [3.63, 3.8) is 0 Å². The highest BCUT2D eigenvalue weighted by molar-refractivity contribution is 7.89. The molecule has 0 saturated carbocycles. The van der Waals surface area contributed by atoms with Gasteiger partial charge in [0.15, 0.2) is 5.78 Å². The summed E-state index contributed by atoms with van der Waals surface area (Å²) in [6.45, 7) is 3.91. The molecule has 3 unspecified atom stereocenters. The van der Waals surface area contributed by atoms with Crippen LogP contribution in [0.15, 0.2) is 60.7 Å². The Kier molecular flexibility index (Phi) is 13.8. The Bertz CT molecular complexity index is 1350. The van der Waals surface area contributed by atoms with E-state index in [2.05, 4.69) is 20.7 Å². The fourth-order valence-corrected chi connectivity index (χ4v) is 4.80. The van der Waals surface area contributed by atoms with Crippen LogP contribution in [0.4, 0.5) is 4.79 Å². The first-order valence-electron chi connectivity index (χ1n) is 13.6. The van der Waals surface area contributed by atoms with E-state index in [0.29, 0.717) is 0 Å². The second-order valence-electron chi connectivity index (χ2n) is 10.2. The van der Waals surface area contributed by atoms with Gasteiger partial charge in [-0.1, -0.05) is 74.5 Å². The minimum Gasteiger partial charge on any atom is -0.481 e. The van der Waals surface area contributed by atoms with Crippen molar-refractivity contribution in [3.05, 3.63) is 71.8 Å². The standard InChI is InChI=1S/C29H38N4O9S/c1-19(2)26(33-29(39)42-18-22-12-8-5-9-13-22)28(38)31-20(3)27(37)32-23(16-25(35)36)24(34)17-30-43(40,41)15-14-21-10-6-4-7-11-21/h4-13,19-20,23,26,30H,14-18H2,1-3H3,(H,31,38)(H,32,37)(H,33,39)(H,35,36). The van der Waals surface area contributed by atoms with Crippen LogP contribution >= 0.6 is 0 Å². The van der Waals surface area contributed by atoms with Crippen molar-refractivity contribution in [1.82, 2.24) is 20.7 Å². The van der Waals surface area contributed by atoms with E-state index < -0.39 is 76.7 Å². The van der Waals surface area contributed by atoms with E-state index in [1.165, 1.54) is 6.92 Å². The van der Waals surface area contributed by atoms with Crippen molar-refractivity contribution in [3.8, 4) is 0 Å². The zero-order chi connectivity index (χ0) is 32.0. The van der Waals surface area contributed by atoms with Crippen LogP contribution in [0.25, 0.3) is 0 Å². The van der Waals surface area contributed by atoms with Gasteiger partial charge in [-0.3, -0.25) is 19.2 Å². The van der Waals surface area contributed by atoms with Crippen LogP contribution in [0, 0.1) is 5.92 Å². The van der Waals surface area contributed by atoms with Crippen LogP contribution in [0.3, 0.4) is 0 Å². The lowest BCUT2D eigenvalue weighted by atomic mass is 10.0. The van der Waals surface area contributed by atoms with Gasteiger partial charge in [0.05, 0.1) is 24.8 Å². The number of alkyl carbamates (subject to hydrolysis) is 1. The average Bonchev–Trinajstić information content (AvgIpc) is 2.96. The van der Waals surface area contributed by atoms with Crippen LogP contribution in [0.2, 0.25) is 0 Å². The molecule has 0 spiro atoms. The molecule has 3 atom stereocenters. The lowest BCUT2D eigenvalue weighted by Gasteiger charge is -2.24. The number of benzene rings is 2. The quantitative estimate of drug-likeness (QED) is 0.173. The maximum atomic E-state index is 12.9. The molecule has 0 aromatic heterocycles. The number of Topliss-reactive ketones (excluding diaryl/α,β-unsaturated/α-hetero) is 1. The number of carbonyl (C=O) groups is 5. The fourth-order valence-electron chi connectivity index (χ4n) is 3.79. The van der Waals surface area contributed by atoms with Crippen molar-refractivity contribution >= 4 is 39.7 Å². The Morgan fingerprint density at radius 1 is 0.814 bits per heavy atom. The Hall–Kier alpha value is -4.30. The van der Waals surface area contributed by atoms with E-state index in [-0.39, 0.29) is 18.8 Å². The molecule has 13 nitrogen and oxygen atoms in total. The third kappa shape index (κ3) is 13.0. The van der Waals surface area contributed by atoms with Gasteiger partial charge in [-0.25, -0.2) is 17.9 Å². The third-order valence-corrected chi connectivity index (χ3v) is 7.57. The molecular weight excluding hydrogens is 580 g/mol. The van der Waals surface area contributed by atoms with E-state index in [4.69, 9.17) is 4.74 Å². The molecule has 0 aliphatic heterocycles. The molecule has 43 heavy (non-hydrogen) atoms. The molecule has 0 aliphatic rings. The molecule has 3 amide bonds. The highest BCUT2D eigenvalue weighted by Gasteiger charge is 2.30. The summed E-state index contributed by atoms with van der Waals surface area (Å²) in [5, 5.41) is 16.4. The molecule has 14 heteroatoms. The average molecular weight is 619 g/mol. The first kappa shape index (κ1) is 34.9. The zero-order valence-corrected chi connectivity index (χ0v) is 25.1. The number of ether oxygens (including phenoxy) is 1. The summed E-state index contributed by atoms with van der Waals surface area (Å²) in [6, 6.07) is 13.9. The maximum absolute atomic E-state index is 12.9. The maximum Gasteiger partial charge on any atom is 0.408 e. The monoisotopic (exact) mass is 618 g/mol. The number of carbonyl (C=O) groups excluding carboxylic acids is 4. The number of amides is 3. The molecule has 2 rings (SSSR count). The summed E-state index contributed by atoms with van der Waals surface area (Å²) in [4.78, 5) is 62.0. The molecule has 0 radical (unpaired) electrons. The fraction of sp³-hybridized carbons (Fsp3) is 0.414. The van der Waals surface area contributed by atoms with Crippen molar-refractivity contribution in [1.29, 1.82) is 0 Å². The highest BCUT2D eigenvalue weighted by Crippen LogP contribution is 2.06. The summed E-state index contributed by atoms with van der Waals surface area (Å²) >= 11 is 0. The number of nitrogens with one attached hydrogen (secondary N) is 4. The molecule has 0 saturated heterocycles. The number of sulfonamides is 1. The minimum atomic E-state index is -3.88. The van der Waals surface area contributed by atoms with Crippen LogP contribution < -0.4 is 20.7 Å². The molecule has 2 aromatic rings. The highest BCUT2D eigenvalue weighted by atomic mass is 32.2. The van der Waals surface area contributed by atoms with E-state index in [1.807, 2.05) is 6.07 Å². The Morgan fingerprint density at radius 3 is 1.95 bits per heavy atom. The van der Waals surface area contributed by atoms with Crippen molar-refractivity contribution in [2.45, 2.75) is 58.3 Å². The number of carboxylic acids is 1. The number of aliphatic carboxylic acids is 1. The van der Waals surface area contributed by atoms with Gasteiger partial charge < -0.3 is 25.8 Å². The zero-order valence-electron chi connectivity index (χ0n) is 24.2. The smallest absolute Gasteiger partial charge is 0.408 e. The lowest BCUT2D eigenvalue weighted by molar-refractivity contribution is -0.140. The minimum absolute atomic E-state index is 0.0138. The Balaban J connectivity index is 1.92. The van der Waals surface area contributed by atoms with Gasteiger partial charge in [-0.15, -0.1) is 0 Å². The Morgan fingerprint density at radius 2 is 1.40 bits per heavy atom. The number of hydrogen-bond acceptors (Lipinski definition) is 8. The van der Waals surface area contributed by atoms with Crippen LogP contribution in [0.5, 0.6) is 0 Å². The topological polar surface area (TPSA) is 197 Å². The largest absolute Gasteiger partial charge is 0.481 e. The van der Waals surface area contributed by atoms with E-state index in [1.54, 1.807) is 68.4 Å². The first-order valence-corrected chi connectivity index (χ1v) is 15.3. The van der Waals surface area contributed by atoms with E-state index in [0.717, 1.165) is 11.1 Å². The van der Waals surface area contributed by atoms with Crippen LogP contribution in [-0.2, 0) is 47.0 Å². The third-order valence-electron chi connectivity index (χ3n) is 6.24. The number of carboxylic acid groups (broad SMARTS) is 1.